The van der Waals surface area contributed by atoms with E-state index in [2.05, 4.69) is 0 Å². The van der Waals surface area contributed by atoms with Crippen LogP contribution in [0.25, 0.3) is 12.3 Å². The fraction of sp³-hybridized carbons (Fsp3) is 0.125. The Balaban J connectivity index is 2.68. The van der Waals surface area contributed by atoms with Crippen LogP contribution in [-0.4, -0.2) is 12.4 Å². The SMILES string of the molecule is N=C(N)c1cc2c(o1)=COCC=2. The van der Waals surface area contributed by atoms with Gasteiger partial charge < -0.3 is 14.9 Å². The monoisotopic (exact) mass is 164 g/mol. The number of furan rings is 1. The van der Waals surface area contributed by atoms with Gasteiger partial charge in [-0.15, -0.1) is 0 Å². The Kier molecular flexibility index (Phi) is 1.40. The number of amidine groups is 1. The summed E-state index contributed by atoms with van der Waals surface area (Å²) in [6.45, 7) is 0.546. The third kappa shape index (κ3) is 0.972. The van der Waals surface area contributed by atoms with E-state index >= 15 is 0 Å². The number of nitrogens with two attached hydrogens (primary N) is 1. The summed E-state index contributed by atoms with van der Waals surface area (Å²) < 4.78 is 10.2. The van der Waals surface area contributed by atoms with Crippen molar-refractivity contribution in [2.45, 2.75) is 0 Å². The van der Waals surface area contributed by atoms with Crippen molar-refractivity contribution < 1.29 is 9.15 Å². The smallest absolute Gasteiger partial charge is 0.169 e. The first-order valence-corrected chi connectivity index (χ1v) is 3.53. The van der Waals surface area contributed by atoms with Gasteiger partial charge in [0.15, 0.2) is 17.0 Å². The molecule has 12 heavy (non-hydrogen) atoms. The van der Waals surface area contributed by atoms with E-state index in [1.165, 1.54) is 6.26 Å². The van der Waals surface area contributed by atoms with Crippen LogP contribution >= 0.6 is 0 Å². The highest BCUT2D eigenvalue weighted by Crippen LogP contribution is 1.91. The molecule has 4 heteroatoms. The molecule has 0 bridgehead atoms. The first-order valence-electron chi connectivity index (χ1n) is 3.53. The molecule has 1 aliphatic heterocycles. The highest BCUT2D eigenvalue weighted by molar-refractivity contribution is 5.92. The summed E-state index contributed by atoms with van der Waals surface area (Å²) >= 11 is 0. The Morgan fingerprint density at radius 3 is 3.08 bits per heavy atom. The molecule has 62 valence electrons. The maximum absolute atomic E-state index is 7.13. The van der Waals surface area contributed by atoms with Crippen molar-refractivity contribution in [3.05, 3.63) is 22.5 Å². The Hall–Kier alpha value is -1.71. The lowest BCUT2D eigenvalue weighted by Gasteiger charge is -1.95. The number of nitrogens with one attached hydrogen (secondary N) is 1. The van der Waals surface area contributed by atoms with Gasteiger partial charge in [-0.3, -0.25) is 5.41 Å². The molecule has 1 aliphatic rings. The van der Waals surface area contributed by atoms with Crippen LogP contribution in [-0.2, 0) is 4.74 Å². The van der Waals surface area contributed by atoms with Crippen LogP contribution < -0.4 is 16.4 Å². The molecule has 0 aromatic carbocycles. The molecule has 0 fully saturated rings. The van der Waals surface area contributed by atoms with Gasteiger partial charge in [-0.05, 0) is 12.1 Å². The second-order valence-corrected chi connectivity index (χ2v) is 2.50. The van der Waals surface area contributed by atoms with Gasteiger partial charge in [0.05, 0.1) is 0 Å². The van der Waals surface area contributed by atoms with E-state index in [-0.39, 0.29) is 5.84 Å². The average molecular weight is 164 g/mol. The Morgan fingerprint density at radius 2 is 2.42 bits per heavy atom. The Bertz CT molecular complexity index is 397. The molecule has 0 spiro atoms. The summed E-state index contributed by atoms with van der Waals surface area (Å²) in [5.74, 6) is 0.323. The highest BCUT2D eigenvalue weighted by atomic mass is 16.5. The largest absolute Gasteiger partial charge is 0.493 e. The summed E-state index contributed by atoms with van der Waals surface area (Å²) in [4.78, 5) is 0. The number of rotatable bonds is 1. The van der Waals surface area contributed by atoms with E-state index in [9.17, 15) is 0 Å². The normalized spacial score (nSPS) is 13.7. The van der Waals surface area contributed by atoms with Gasteiger partial charge in [0.2, 0.25) is 0 Å². The van der Waals surface area contributed by atoms with Crippen molar-refractivity contribution >= 4 is 18.2 Å². The maximum Gasteiger partial charge on any atom is 0.169 e. The third-order valence-electron chi connectivity index (χ3n) is 1.65. The standard InChI is InChI=1S/C8H8N2O2/c9-8(10)6-3-5-1-2-11-4-7(5)12-6/h1,3-4H,2H2,(H3,9,10). The van der Waals surface area contributed by atoms with Gasteiger partial charge in [-0.25, -0.2) is 0 Å². The minimum atomic E-state index is -0.0637. The fourth-order valence-electron chi connectivity index (χ4n) is 1.07. The summed E-state index contributed by atoms with van der Waals surface area (Å²) in [6, 6.07) is 1.73. The molecule has 1 aromatic heterocycles. The van der Waals surface area contributed by atoms with Gasteiger partial charge in [-0.1, -0.05) is 0 Å². The van der Waals surface area contributed by atoms with Crippen LogP contribution in [0.5, 0.6) is 0 Å². The number of hydrogen-bond acceptors (Lipinski definition) is 3. The van der Waals surface area contributed by atoms with E-state index < -0.39 is 0 Å². The van der Waals surface area contributed by atoms with Crippen LogP contribution in [0.4, 0.5) is 0 Å². The lowest BCUT2D eigenvalue weighted by Crippen LogP contribution is -2.23. The van der Waals surface area contributed by atoms with Crippen molar-refractivity contribution in [3.8, 4) is 0 Å². The second kappa shape index (κ2) is 2.41. The Labute approximate surface area is 68.4 Å². The highest BCUT2D eigenvalue weighted by Gasteiger charge is 2.04. The van der Waals surface area contributed by atoms with Crippen molar-refractivity contribution in [2.75, 3.05) is 6.61 Å². The number of fused-ring (bicyclic) bond motifs is 1. The van der Waals surface area contributed by atoms with E-state index in [0.29, 0.717) is 17.8 Å². The average Bonchev–Trinajstić information content (AvgIpc) is 2.46. The van der Waals surface area contributed by atoms with Crippen molar-refractivity contribution in [3.63, 3.8) is 0 Å². The molecule has 4 nitrogen and oxygen atoms in total. The van der Waals surface area contributed by atoms with Gasteiger partial charge in [0, 0.05) is 5.22 Å². The zero-order chi connectivity index (χ0) is 8.55. The molecule has 2 heterocycles. The van der Waals surface area contributed by atoms with Crippen LogP contribution in [0.3, 0.4) is 0 Å². The topological polar surface area (TPSA) is 72.2 Å². The molecule has 0 aliphatic carbocycles. The molecule has 1 aromatic rings. The van der Waals surface area contributed by atoms with E-state index in [1.54, 1.807) is 6.07 Å². The predicted molar refractivity (Wildman–Crippen MR) is 43.9 cm³/mol. The second-order valence-electron chi connectivity index (χ2n) is 2.50. The number of hydrogen-bond donors (Lipinski definition) is 2. The first-order chi connectivity index (χ1) is 5.77. The molecule has 0 radical (unpaired) electrons. The molecular weight excluding hydrogens is 156 g/mol. The molecule has 0 saturated heterocycles. The quantitative estimate of drug-likeness (QED) is 0.418. The fourth-order valence-corrected chi connectivity index (χ4v) is 1.07. The minimum Gasteiger partial charge on any atom is -0.493 e. The predicted octanol–water partition coefficient (Wildman–Crippen LogP) is -0.888. The van der Waals surface area contributed by atoms with Crippen molar-refractivity contribution in [1.82, 2.24) is 0 Å². The van der Waals surface area contributed by atoms with Crippen LogP contribution in [0.15, 0.2) is 10.5 Å². The third-order valence-corrected chi connectivity index (χ3v) is 1.65. The maximum atomic E-state index is 7.13. The van der Waals surface area contributed by atoms with Gasteiger partial charge in [-0.2, -0.15) is 0 Å². The van der Waals surface area contributed by atoms with Crippen molar-refractivity contribution in [1.29, 1.82) is 5.41 Å². The van der Waals surface area contributed by atoms with Crippen LogP contribution in [0.2, 0.25) is 0 Å². The van der Waals surface area contributed by atoms with Crippen molar-refractivity contribution in [2.24, 2.45) is 5.73 Å². The molecule has 0 saturated carbocycles. The minimum absolute atomic E-state index is 0.0637. The molecule has 0 atom stereocenters. The van der Waals surface area contributed by atoms with Crippen LogP contribution in [0, 0.1) is 5.41 Å². The molecule has 2 rings (SSSR count). The lowest BCUT2D eigenvalue weighted by atomic mass is 10.3. The summed E-state index contributed by atoms with van der Waals surface area (Å²) in [5, 5.41) is 8.07. The van der Waals surface area contributed by atoms with Gasteiger partial charge in [0.1, 0.15) is 12.9 Å². The summed E-state index contributed by atoms with van der Waals surface area (Å²) in [7, 11) is 0. The van der Waals surface area contributed by atoms with Gasteiger partial charge >= 0.3 is 0 Å². The molecule has 0 amide bonds. The molecule has 0 unspecified atom stereocenters. The zero-order valence-electron chi connectivity index (χ0n) is 6.33. The summed E-state index contributed by atoms with van der Waals surface area (Å²) in [6.07, 6.45) is 3.41. The lowest BCUT2D eigenvalue weighted by molar-refractivity contribution is 0.334. The summed E-state index contributed by atoms with van der Waals surface area (Å²) in [5.41, 5.74) is 5.88. The molecular formula is C8H8N2O2. The van der Waals surface area contributed by atoms with Gasteiger partial charge in [0.25, 0.3) is 0 Å². The number of nitrogen functional groups attached to an aromatic ring is 1. The molecule has 3 N–H and O–H groups in total. The van der Waals surface area contributed by atoms with E-state index in [4.69, 9.17) is 20.3 Å². The van der Waals surface area contributed by atoms with E-state index in [1.807, 2.05) is 6.08 Å². The Morgan fingerprint density at radius 1 is 1.58 bits per heavy atom. The number of ether oxygens (including phenoxy) is 1. The first kappa shape index (κ1) is 6.97. The van der Waals surface area contributed by atoms with Crippen LogP contribution in [0.1, 0.15) is 5.76 Å². The van der Waals surface area contributed by atoms with E-state index in [0.717, 1.165) is 5.22 Å². The zero-order valence-corrected chi connectivity index (χ0v) is 6.33.